The monoisotopic (exact) mass is 794 g/mol. The molecule has 296 valence electrons. The fraction of sp³-hybridized carbons (Fsp3) is 0.618. The molecule has 2 aromatic rings. The van der Waals surface area contributed by atoms with Crippen molar-refractivity contribution < 1.29 is 61.5 Å². The third kappa shape index (κ3) is 10.4. The standard InChI is InChI=1S/C19H25F4NO4S.C14H17F4NO2S.CH4/c1-17(2,3)28-16(25)24-11-9-13(10-12-24)18(4,20)29(26,27)15-7-5-14(6-8-15)19(21,22)23;1-13(15,10-6-8-19-9-7-10)22(20,21)12-4-2-11(3-5-12)14(16,17)18;/h5-8,13H,9-12H2,1-4H3;2-5,10,19H,6-9H2,1H3;1H4. The van der Waals surface area contributed by atoms with Crippen molar-refractivity contribution in [3.8, 4) is 0 Å². The Morgan fingerprint density at radius 3 is 1.27 bits per heavy atom. The largest absolute Gasteiger partial charge is 0.444 e. The molecule has 52 heavy (non-hydrogen) atoms. The zero-order valence-corrected chi connectivity index (χ0v) is 30.3. The van der Waals surface area contributed by atoms with Gasteiger partial charge in [-0.15, -0.1) is 0 Å². The van der Waals surface area contributed by atoms with E-state index in [9.17, 15) is 52.4 Å². The molecule has 0 saturated carbocycles. The Morgan fingerprint density at radius 2 is 0.962 bits per heavy atom. The van der Waals surface area contributed by atoms with Gasteiger partial charge in [-0.1, -0.05) is 7.43 Å². The molecule has 2 saturated heterocycles. The van der Waals surface area contributed by atoms with Crippen LogP contribution < -0.4 is 5.32 Å². The molecule has 2 fully saturated rings. The summed E-state index contributed by atoms with van der Waals surface area (Å²) in [5, 5.41) is -2.18. The fourth-order valence-corrected chi connectivity index (χ4v) is 9.05. The lowest BCUT2D eigenvalue weighted by molar-refractivity contribution is -0.138. The number of benzene rings is 2. The molecule has 18 heteroatoms. The highest BCUT2D eigenvalue weighted by atomic mass is 32.2. The van der Waals surface area contributed by atoms with Crippen molar-refractivity contribution >= 4 is 25.8 Å². The average molecular weight is 795 g/mol. The smallest absolute Gasteiger partial charge is 0.416 e. The number of hydrogen-bond acceptors (Lipinski definition) is 7. The maximum absolute atomic E-state index is 15.4. The summed E-state index contributed by atoms with van der Waals surface area (Å²) in [7, 11) is -8.90. The third-order valence-corrected chi connectivity index (χ3v) is 13.5. The second-order valence-corrected chi connectivity index (χ2v) is 18.3. The molecule has 2 atom stereocenters. The summed E-state index contributed by atoms with van der Waals surface area (Å²) < 4.78 is 162. The molecule has 0 aliphatic carbocycles. The van der Waals surface area contributed by atoms with Crippen LogP contribution in [0.25, 0.3) is 0 Å². The van der Waals surface area contributed by atoms with E-state index in [1.54, 1.807) is 20.8 Å². The van der Waals surface area contributed by atoms with Gasteiger partial charge in [0.15, 0.2) is 0 Å². The predicted octanol–water partition coefficient (Wildman–Crippen LogP) is 8.61. The maximum atomic E-state index is 15.4. The van der Waals surface area contributed by atoms with E-state index in [2.05, 4.69) is 5.32 Å². The maximum Gasteiger partial charge on any atom is 0.416 e. The van der Waals surface area contributed by atoms with Gasteiger partial charge in [0, 0.05) is 24.9 Å². The Labute approximate surface area is 300 Å². The second kappa shape index (κ2) is 16.2. The summed E-state index contributed by atoms with van der Waals surface area (Å²) in [6.45, 7) is 8.36. The van der Waals surface area contributed by atoms with Crippen molar-refractivity contribution in [3.05, 3.63) is 59.7 Å². The van der Waals surface area contributed by atoms with Crippen LogP contribution in [-0.4, -0.2) is 69.6 Å². The molecule has 4 rings (SSSR count). The van der Waals surface area contributed by atoms with E-state index < -0.39 is 86.5 Å². The molecule has 8 nitrogen and oxygen atoms in total. The van der Waals surface area contributed by atoms with Gasteiger partial charge < -0.3 is 15.0 Å². The minimum atomic E-state index is -4.62. The normalized spacial score (nSPS) is 19.3. The van der Waals surface area contributed by atoms with Crippen molar-refractivity contribution in [1.29, 1.82) is 0 Å². The zero-order chi connectivity index (χ0) is 38.8. The quantitative estimate of drug-likeness (QED) is 0.292. The SMILES string of the molecule is C.CC(C)(C)OC(=O)N1CCC(C(C)(F)S(=O)(=O)c2ccc(C(F)(F)F)cc2)CC1.CC(F)(C1CCNCC1)S(=O)(=O)c1ccc(C(F)(F)F)cc1. The summed E-state index contributed by atoms with van der Waals surface area (Å²) in [6, 6.07) is 5.73. The first kappa shape index (κ1) is 45.2. The van der Waals surface area contributed by atoms with Crippen LogP contribution in [0.15, 0.2) is 58.3 Å². The molecular weight excluding hydrogens is 749 g/mol. The summed E-state index contributed by atoms with van der Waals surface area (Å²) in [4.78, 5) is 12.6. The Balaban J connectivity index is 0.000000366. The van der Waals surface area contributed by atoms with Crippen LogP contribution in [0.5, 0.6) is 0 Å². The highest BCUT2D eigenvalue weighted by molar-refractivity contribution is 7.93. The summed E-state index contributed by atoms with van der Waals surface area (Å²) in [5.74, 6) is -1.59. The van der Waals surface area contributed by atoms with Crippen molar-refractivity contribution in [1.82, 2.24) is 10.2 Å². The van der Waals surface area contributed by atoms with Crippen LogP contribution in [0.2, 0.25) is 0 Å². The molecule has 1 amide bonds. The van der Waals surface area contributed by atoms with Gasteiger partial charge in [0.2, 0.25) is 29.7 Å². The fourth-order valence-electron chi connectivity index (χ4n) is 5.79. The lowest BCUT2D eigenvalue weighted by Crippen LogP contribution is -2.48. The third-order valence-electron chi connectivity index (χ3n) is 8.98. The van der Waals surface area contributed by atoms with Crippen molar-refractivity contribution in [2.45, 2.75) is 105 Å². The molecule has 0 aromatic heterocycles. The minimum absolute atomic E-state index is 0. The number of halogens is 8. The number of piperidine rings is 2. The van der Waals surface area contributed by atoms with Crippen LogP contribution in [0.4, 0.5) is 39.9 Å². The lowest BCUT2D eigenvalue weighted by atomic mass is 9.92. The van der Waals surface area contributed by atoms with E-state index in [0.29, 0.717) is 50.2 Å². The number of likely N-dealkylation sites (tertiary alicyclic amines) is 1. The zero-order valence-electron chi connectivity index (χ0n) is 28.7. The molecule has 2 unspecified atom stereocenters. The molecule has 0 bridgehead atoms. The molecule has 0 radical (unpaired) electrons. The van der Waals surface area contributed by atoms with Gasteiger partial charge in [-0.25, -0.2) is 30.4 Å². The number of carbonyl (C=O) groups excluding carboxylic acids is 1. The van der Waals surface area contributed by atoms with Gasteiger partial charge in [-0.05, 0) is 122 Å². The van der Waals surface area contributed by atoms with Crippen LogP contribution >= 0.6 is 0 Å². The minimum Gasteiger partial charge on any atom is -0.444 e. The lowest BCUT2D eigenvalue weighted by Gasteiger charge is -2.38. The molecule has 0 spiro atoms. The topological polar surface area (TPSA) is 110 Å². The number of ether oxygens (including phenoxy) is 1. The van der Waals surface area contributed by atoms with Gasteiger partial charge in [0.1, 0.15) is 5.60 Å². The Morgan fingerprint density at radius 1 is 0.635 bits per heavy atom. The van der Waals surface area contributed by atoms with Gasteiger partial charge >= 0.3 is 18.4 Å². The number of carbonyl (C=O) groups is 1. The number of nitrogens with zero attached hydrogens (tertiary/aromatic N) is 1. The summed E-state index contributed by atoms with van der Waals surface area (Å²) >= 11 is 0. The van der Waals surface area contributed by atoms with Gasteiger partial charge in [0.25, 0.3) is 0 Å². The van der Waals surface area contributed by atoms with E-state index in [-0.39, 0.29) is 33.4 Å². The van der Waals surface area contributed by atoms with Gasteiger partial charge in [0.05, 0.1) is 20.9 Å². The molecule has 1 N–H and O–H groups in total. The average Bonchev–Trinajstić information content (AvgIpc) is 3.04. The number of rotatable bonds is 6. The Kier molecular flexibility index (Phi) is 14.0. The Bertz CT molecular complexity index is 1710. The molecule has 2 aromatic carbocycles. The van der Waals surface area contributed by atoms with E-state index in [0.717, 1.165) is 38.1 Å². The molecule has 2 aliphatic rings. The van der Waals surface area contributed by atoms with Crippen molar-refractivity contribution in [2.24, 2.45) is 11.8 Å². The number of nitrogens with one attached hydrogen (secondary N) is 1. The molecular formula is C34H46F8N2O6S2. The van der Waals surface area contributed by atoms with Crippen LogP contribution in [0.1, 0.15) is 78.9 Å². The number of alkyl halides is 8. The first-order chi connectivity index (χ1) is 23.1. The van der Waals surface area contributed by atoms with E-state index in [1.807, 2.05) is 0 Å². The second-order valence-electron chi connectivity index (χ2n) is 13.8. The van der Waals surface area contributed by atoms with Crippen LogP contribution in [0, 0.1) is 11.8 Å². The number of hydrogen-bond donors (Lipinski definition) is 1. The first-order valence-electron chi connectivity index (χ1n) is 16.0. The highest BCUT2D eigenvalue weighted by Crippen LogP contribution is 2.41. The highest BCUT2D eigenvalue weighted by Gasteiger charge is 2.50. The van der Waals surface area contributed by atoms with Crippen LogP contribution in [-0.2, 0) is 36.8 Å². The first-order valence-corrected chi connectivity index (χ1v) is 19.0. The summed E-state index contributed by atoms with van der Waals surface area (Å²) in [5.41, 5.74) is -2.66. The van der Waals surface area contributed by atoms with Gasteiger partial charge in [-0.2, -0.15) is 26.3 Å². The van der Waals surface area contributed by atoms with E-state index >= 15 is 4.39 Å². The van der Waals surface area contributed by atoms with E-state index in [4.69, 9.17) is 4.74 Å². The summed E-state index contributed by atoms with van der Waals surface area (Å²) in [6.07, 6.45) is -8.81. The van der Waals surface area contributed by atoms with Gasteiger partial charge in [-0.3, -0.25) is 0 Å². The molecule has 2 aliphatic heterocycles. The number of amides is 1. The number of sulfone groups is 2. The Hall–Kier alpha value is -2.99. The van der Waals surface area contributed by atoms with Crippen molar-refractivity contribution in [3.63, 3.8) is 0 Å². The molecule has 2 heterocycles. The van der Waals surface area contributed by atoms with Crippen molar-refractivity contribution in [2.75, 3.05) is 26.2 Å². The predicted molar refractivity (Wildman–Crippen MR) is 179 cm³/mol. The van der Waals surface area contributed by atoms with E-state index in [1.165, 1.54) is 4.90 Å². The van der Waals surface area contributed by atoms with Crippen LogP contribution in [0.3, 0.4) is 0 Å².